The monoisotopic (exact) mass is 522 g/mol. The van der Waals surface area contributed by atoms with E-state index in [1.165, 1.54) is 16.2 Å². The molecule has 8 nitrogen and oxygen atoms in total. The van der Waals surface area contributed by atoms with Crippen molar-refractivity contribution in [2.75, 3.05) is 44.1 Å². The van der Waals surface area contributed by atoms with Gasteiger partial charge in [0.05, 0.1) is 22.5 Å². The Kier molecular flexibility index (Phi) is 8.14. The summed E-state index contributed by atoms with van der Waals surface area (Å²) in [6.45, 7) is 1.04. The number of thiazole rings is 1. The van der Waals surface area contributed by atoms with Crippen molar-refractivity contribution < 1.29 is 19.1 Å². The summed E-state index contributed by atoms with van der Waals surface area (Å²) in [5, 5.41) is 1.05. The van der Waals surface area contributed by atoms with E-state index in [0.29, 0.717) is 45.8 Å². The zero-order valence-electron chi connectivity index (χ0n) is 18.9. The summed E-state index contributed by atoms with van der Waals surface area (Å²) in [6.07, 6.45) is 0.420. The lowest BCUT2D eigenvalue weighted by atomic mass is 10.1. The SMILES string of the molecule is COc1ccc(Cl)c2sc(N(CCN(C)C)C(=O)c3ccc(N4C(=O)CCC4=O)cc3)nc12.Cl. The topological polar surface area (TPSA) is 83.0 Å². The summed E-state index contributed by atoms with van der Waals surface area (Å²) in [5.41, 5.74) is 1.50. The second kappa shape index (κ2) is 10.7. The Bertz CT molecular complexity index is 1210. The number of benzene rings is 2. The molecule has 0 atom stereocenters. The summed E-state index contributed by atoms with van der Waals surface area (Å²) in [5.74, 6) is -0.114. The van der Waals surface area contributed by atoms with Gasteiger partial charge in [0.1, 0.15) is 11.3 Å². The van der Waals surface area contributed by atoms with E-state index in [1.807, 2.05) is 19.0 Å². The predicted molar refractivity (Wildman–Crippen MR) is 137 cm³/mol. The van der Waals surface area contributed by atoms with Gasteiger partial charge < -0.3 is 9.64 Å². The molecule has 34 heavy (non-hydrogen) atoms. The van der Waals surface area contributed by atoms with Crippen LogP contribution in [0.15, 0.2) is 36.4 Å². The van der Waals surface area contributed by atoms with E-state index in [4.69, 9.17) is 16.3 Å². The Morgan fingerprint density at radius 3 is 2.32 bits per heavy atom. The highest BCUT2D eigenvalue weighted by Gasteiger charge is 2.30. The third-order valence-electron chi connectivity index (χ3n) is 5.34. The largest absolute Gasteiger partial charge is 0.494 e. The number of rotatable bonds is 7. The van der Waals surface area contributed by atoms with Gasteiger partial charge in [-0.25, -0.2) is 4.98 Å². The van der Waals surface area contributed by atoms with Gasteiger partial charge in [0.15, 0.2) is 5.13 Å². The molecule has 3 amide bonds. The van der Waals surface area contributed by atoms with E-state index >= 15 is 0 Å². The minimum Gasteiger partial charge on any atom is -0.494 e. The number of hydrogen-bond acceptors (Lipinski definition) is 7. The molecule has 0 N–H and O–H groups in total. The number of methoxy groups -OCH3 is 1. The van der Waals surface area contributed by atoms with Crippen LogP contribution in [0.2, 0.25) is 5.02 Å². The molecule has 1 fully saturated rings. The van der Waals surface area contributed by atoms with Crippen LogP contribution in [0.4, 0.5) is 10.8 Å². The molecule has 0 saturated carbocycles. The Balaban J connectivity index is 0.00000324. The van der Waals surface area contributed by atoms with Crippen molar-refractivity contribution in [3.63, 3.8) is 0 Å². The molecule has 11 heteroatoms. The normalized spacial score (nSPS) is 13.5. The van der Waals surface area contributed by atoms with E-state index in [9.17, 15) is 14.4 Å². The Hall–Kier alpha value is -2.72. The Morgan fingerprint density at radius 1 is 1.09 bits per heavy atom. The van der Waals surface area contributed by atoms with Crippen molar-refractivity contribution in [1.29, 1.82) is 0 Å². The summed E-state index contributed by atoms with van der Waals surface area (Å²) >= 11 is 7.70. The molecule has 4 rings (SSSR count). The van der Waals surface area contributed by atoms with Crippen molar-refractivity contribution in [2.24, 2.45) is 0 Å². The highest BCUT2D eigenvalue weighted by Crippen LogP contribution is 2.39. The quantitative estimate of drug-likeness (QED) is 0.431. The highest BCUT2D eigenvalue weighted by atomic mass is 35.5. The van der Waals surface area contributed by atoms with Gasteiger partial charge in [-0.15, -0.1) is 12.4 Å². The fourth-order valence-corrected chi connectivity index (χ4v) is 4.86. The maximum absolute atomic E-state index is 13.5. The molecule has 2 heterocycles. The van der Waals surface area contributed by atoms with E-state index in [2.05, 4.69) is 4.98 Å². The first-order chi connectivity index (χ1) is 15.8. The zero-order valence-corrected chi connectivity index (χ0v) is 21.3. The van der Waals surface area contributed by atoms with Gasteiger partial charge in [-0.3, -0.25) is 24.2 Å². The third-order valence-corrected chi connectivity index (χ3v) is 6.88. The first kappa shape index (κ1) is 25.9. The van der Waals surface area contributed by atoms with Crippen molar-refractivity contribution in [2.45, 2.75) is 12.8 Å². The van der Waals surface area contributed by atoms with Crippen LogP contribution in [0.25, 0.3) is 10.2 Å². The number of imide groups is 1. The minimum atomic E-state index is -0.239. The van der Waals surface area contributed by atoms with Crippen molar-refractivity contribution in [1.82, 2.24) is 9.88 Å². The van der Waals surface area contributed by atoms with Gasteiger partial charge in [-0.2, -0.15) is 0 Å². The molecule has 180 valence electrons. The number of hydrogen-bond donors (Lipinski definition) is 0. The summed E-state index contributed by atoms with van der Waals surface area (Å²) in [6, 6.07) is 9.99. The average molecular weight is 523 g/mol. The fraction of sp³-hybridized carbons (Fsp3) is 0.304. The van der Waals surface area contributed by atoms with Gasteiger partial charge in [0.2, 0.25) is 11.8 Å². The van der Waals surface area contributed by atoms with Crippen molar-refractivity contribution in [3.05, 3.63) is 47.0 Å². The Morgan fingerprint density at radius 2 is 1.74 bits per heavy atom. The van der Waals surface area contributed by atoms with Gasteiger partial charge in [-0.1, -0.05) is 22.9 Å². The van der Waals surface area contributed by atoms with Gasteiger partial charge in [0, 0.05) is 31.5 Å². The number of likely N-dealkylation sites (N-methyl/N-ethyl adjacent to an activating group) is 1. The molecular weight excluding hydrogens is 499 g/mol. The number of halogens is 2. The molecular formula is C23H24Cl2N4O4S. The number of anilines is 2. The maximum atomic E-state index is 13.5. The highest BCUT2D eigenvalue weighted by molar-refractivity contribution is 7.23. The molecule has 1 aliphatic heterocycles. The van der Waals surface area contributed by atoms with E-state index < -0.39 is 0 Å². The lowest BCUT2D eigenvalue weighted by Gasteiger charge is -2.22. The van der Waals surface area contributed by atoms with E-state index in [-0.39, 0.29) is 43.0 Å². The number of fused-ring (bicyclic) bond motifs is 1. The lowest BCUT2D eigenvalue weighted by molar-refractivity contribution is -0.121. The van der Waals surface area contributed by atoms with Crippen LogP contribution in [0.3, 0.4) is 0 Å². The molecule has 3 aromatic rings. The van der Waals surface area contributed by atoms with Gasteiger partial charge >= 0.3 is 0 Å². The number of aromatic nitrogens is 1. The van der Waals surface area contributed by atoms with Gasteiger partial charge in [-0.05, 0) is 50.5 Å². The van der Waals surface area contributed by atoms with Crippen LogP contribution in [0.5, 0.6) is 5.75 Å². The first-order valence-electron chi connectivity index (χ1n) is 10.4. The van der Waals surface area contributed by atoms with Crippen molar-refractivity contribution in [3.8, 4) is 5.75 Å². The average Bonchev–Trinajstić information content (AvgIpc) is 3.38. The van der Waals surface area contributed by atoms with Crippen LogP contribution in [-0.4, -0.2) is 61.9 Å². The molecule has 0 bridgehead atoms. The summed E-state index contributed by atoms with van der Waals surface area (Å²) in [7, 11) is 5.42. The molecule has 0 radical (unpaired) electrons. The molecule has 0 spiro atoms. The lowest BCUT2D eigenvalue weighted by Crippen LogP contribution is -2.36. The standard InChI is InChI=1S/C23H23ClN4O4S.ClH/c1-26(2)12-13-27(23-25-20-17(32-3)9-8-16(24)21(20)33-23)22(31)14-4-6-15(7-5-14)28-18(29)10-11-19(28)30;/h4-9H,10-13H2,1-3H3;1H. The molecule has 0 aliphatic carbocycles. The predicted octanol–water partition coefficient (Wildman–Crippen LogP) is 4.24. The van der Waals surface area contributed by atoms with E-state index in [0.717, 1.165) is 4.70 Å². The Labute approximate surface area is 212 Å². The molecule has 1 aliphatic rings. The van der Waals surface area contributed by atoms with Crippen LogP contribution >= 0.6 is 35.3 Å². The summed E-state index contributed by atoms with van der Waals surface area (Å²) in [4.78, 5) is 46.9. The number of nitrogens with zero attached hydrogens (tertiary/aromatic N) is 4. The summed E-state index contributed by atoms with van der Waals surface area (Å²) < 4.78 is 6.16. The first-order valence-corrected chi connectivity index (χ1v) is 11.5. The number of carbonyl (C=O) groups is 3. The van der Waals surface area contributed by atoms with Crippen LogP contribution in [0.1, 0.15) is 23.2 Å². The van der Waals surface area contributed by atoms with Gasteiger partial charge in [0.25, 0.3) is 5.91 Å². The third kappa shape index (κ3) is 5.02. The molecule has 0 unspecified atom stereocenters. The fourth-order valence-electron chi connectivity index (χ4n) is 3.58. The van der Waals surface area contributed by atoms with Crippen LogP contribution in [-0.2, 0) is 9.59 Å². The number of amides is 3. The second-order valence-electron chi connectivity index (χ2n) is 7.85. The number of ether oxygens (including phenoxy) is 1. The van der Waals surface area contributed by atoms with Crippen molar-refractivity contribution >= 4 is 74.1 Å². The van der Waals surface area contributed by atoms with Crippen LogP contribution in [0, 0.1) is 0 Å². The molecule has 2 aromatic carbocycles. The second-order valence-corrected chi connectivity index (χ2v) is 9.24. The maximum Gasteiger partial charge on any atom is 0.260 e. The smallest absolute Gasteiger partial charge is 0.260 e. The van der Waals surface area contributed by atoms with Crippen LogP contribution < -0.4 is 14.5 Å². The minimum absolute atomic E-state index is 0. The zero-order chi connectivity index (χ0) is 23.7. The number of carbonyl (C=O) groups excluding carboxylic acids is 3. The van der Waals surface area contributed by atoms with E-state index in [1.54, 1.807) is 48.4 Å². The molecule has 1 aromatic heterocycles. The molecule has 1 saturated heterocycles.